The van der Waals surface area contributed by atoms with Crippen molar-refractivity contribution in [2.45, 2.75) is 32.2 Å². The molecule has 1 N–H and O–H groups in total. The smallest absolute Gasteiger partial charge is 0.239 e. The number of aliphatic hydroxyl groups excluding tert-OH is 1. The molecule has 1 amide bonds. The predicted octanol–water partition coefficient (Wildman–Crippen LogP) is 0.868. The quantitative estimate of drug-likeness (QED) is 0.701. The number of amides is 1. The van der Waals surface area contributed by atoms with Gasteiger partial charge in [0.15, 0.2) is 0 Å². The van der Waals surface area contributed by atoms with Crippen molar-refractivity contribution >= 4 is 5.91 Å². The van der Waals surface area contributed by atoms with Gasteiger partial charge in [-0.2, -0.15) is 0 Å². The van der Waals surface area contributed by atoms with Crippen LogP contribution in [0.15, 0.2) is 12.7 Å². The molecule has 0 aromatic rings. The number of rotatable bonds is 6. The second-order valence-corrected chi connectivity index (χ2v) is 4.57. The monoisotopic (exact) mass is 240 g/mol. The van der Waals surface area contributed by atoms with Crippen LogP contribution in [0.1, 0.15) is 26.2 Å². The average molecular weight is 240 g/mol. The summed E-state index contributed by atoms with van der Waals surface area (Å²) in [5.41, 5.74) is 0. The fraction of sp³-hybridized carbons (Fsp3) is 0.769. The van der Waals surface area contributed by atoms with Gasteiger partial charge >= 0.3 is 0 Å². The number of carbonyl (C=O) groups excluding carboxylic acids is 1. The topological polar surface area (TPSA) is 43.8 Å². The van der Waals surface area contributed by atoms with E-state index < -0.39 is 0 Å². The average Bonchev–Trinajstić information content (AvgIpc) is 2.38. The largest absolute Gasteiger partial charge is 0.395 e. The third kappa shape index (κ3) is 4.13. The molecule has 1 aliphatic heterocycles. The van der Waals surface area contributed by atoms with Crippen LogP contribution in [0.2, 0.25) is 0 Å². The Morgan fingerprint density at radius 1 is 1.47 bits per heavy atom. The number of likely N-dealkylation sites (tertiary alicyclic amines) is 1. The number of piperidine rings is 1. The van der Waals surface area contributed by atoms with Gasteiger partial charge < -0.3 is 10.0 Å². The van der Waals surface area contributed by atoms with Gasteiger partial charge in [0.25, 0.3) is 0 Å². The molecule has 1 heterocycles. The van der Waals surface area contributed by atoms with E-state index in [1.165, 1.54) is 6.42 Å². The van der Waals surface area contributed by atoms with Crippen molar-refractivity contribution in [2.75, 3.05) is 32.8 Å². The summed E-state index contributed by atoms with van der Waals surface area (Å²) >= 11 is 0. The van der Waals surface area contributed by atoms with Gasteiger partial charge in [-0.25, -0.2) is 0 Å². The number of hydrogen-bond acceptors (Lipinski definition) is 3. The van der Waals surface area contributed by atoms with E-state index >= 15 is 0 Å². The van der Waals surface area contributed by atoms with E-state index in [2.05, 4.69) is 6.58 Å². The molecular weight excluding hydrogens is 216 g/mol. The molecule has 17 heavy (non-hydrogen) atoms. The second-order valence-electron chi connectivity index (χ2n) is 4.57. The Labute approximate surface area is 104 Å². The zero-order chi connectivity index (χ0) is 12.7. The summed E-state index contributed by atoms with van der Waals surface area (Å²) < 4.78 is 0. The third-order valence-electron chi connectivity index (χ3n) is 3.32. The van der Waals surface area contributed by atoms with E-state index in [9.17, 15) is 4.79 Å². The van der Waals surface area contributed by atoms with Crippen LogP contribution in [0, 0.1) is 0 Å². The van der Waals surface area contributed by atoms with Crippen LogP contribution >= 0.6 is 0 Å². The fourth-order valence-electron chi connectivity index (χ4n) is 2.27. The van der Waals surface area contributed by atoms with Gasteiger partial charge in [0.05, 0.1) is 12.6 Å². The van der Waals surface area contributed by atoms with E-state index in [-0.39, 0.29) is 18.6 Å². The van der Waals surface area contributed by atoms with E-state index in [0.29, 0.717) is 13.1 Å². The molecular formula is C13H24N2O2. The van der Waals surface area contributed by atoms with Crippen molar-refractivity contribution in [3.8, 4) is 0 Å². The Balaban J connectivity index is 2.54. The van der Waals surface area contributed by atoms with E-state index in [1.54, 1.807) is 6.08 Å². The molecule has 0 aliphatic carbocycles. The molecule has 0 bridgehead atoms. The van der Waals surface area contributed by atoms with Gasteiger partial charge in [0.1, 0.15) is 0 Å². The third-order valence-corrected chi connectivity index (χ3v) is 3.32. The van der Waals surface area contributed by atoms with Crippen LogP contribution in [0.3, 0.4) is 0 Å². The first-order valence-electron chi connectivity index (χ1n) is 6.45. The van der Waals surface area contributed by atoms with Crippen LogP contribution in [0.4, 0.5) is 0 Å². The maximum atomic E-state index is 12.3. The molecule has 98 valence electrons. The van der Waals surface area contributed by atoms with E-state index in [0.717, 1.165) is 25.9 Å². The summed E-state index contributed by atoms with van der Waals surface area (Å²) in [6, 6.07) is -0.168. The number of carbonyl (C=O) groups is 1. The molecule has 0 saturated carbocycles. The Bertz CT molecular complexity index is 250. The highest BCUT2D eigenvalue weighted by atomic mass is 16.3. The van der Waals surface area contributed by atoms with Gasteiger partial charge in [-0.1, -0.05) is 6.08 Å². The molecule has 1 unspecified atom stereocenters. The molecule has 4 nitrogen and oxygen atoms in total. The fourth-order valence-corrected chi connectivity index (χ4v) is 2.27. The van der Waals surface area contributed by atoms with Crippen LogP contribution in [-0.4, -0.2) is 59.6 Å². The van der Waals surface area contributed by atoms with Gasteiger partial charge in [-0.05, 0) is 26.2 Å². The van der Waals surface area contributed by atoms with Gasteiger partial charge in [0.2, 0.25) is 5.91 Å². The molecule has 1 aliphatic rings. The first kappa shape index (κ1) is 14.2. The molecule has 1 atom stereocenters. The molecule has 0 aromatic heterocycles. The molecule has 4 heteroatoms. The number of nitrogens with zero attached hydrogens (tertiary/aromatic N) is 2. The Morgan fingerprint density at radius 2 is 2.12 bits per heavy atom. The minimum absolute atomic E-state index is 0.0749. The van der Waals surface area contributed by atoms with Gasteiger partial charge in [0, 0.05) is 26.2 Å². The summed E-state index contributed by atoms with van der Waals surface area (Å²) in [6.45, 7) is 8.60. The van der Waals surface area contributed by atoms with E-state index in [1.807, 2.05) is 16.7 Å². The molecule has 1 fully saturated rings. The lowest BCUT2D eigenvalue weighted by Gasteiger charge is -2.33. The number of hydrogen-bond donors (Lipinski definition) is 1. The van der Waals surface area contributed by atoms with Crippen LogP contribution < -0.4 is 0 Å². The maximum absolute atomic E-state index is 12.3. The summed E-state index contributed by atoms with van der Waals surface area (Å²) in [5, 5.41) is 9.00. The van der Waals surface area contributed by atoms with Crippen molar-refractivity contribution in [2.24, 2.45) is 0 Å². The lowest BCUT2D eigenvalue weighted by molar-refractivity contribution is -0.137. The van der Waals surface area contributed by atoms with Crippen molar-refractivity contribution in [1.29, 1.82) is 0 Å². The Morgan fingerprint density at radius 3 is 2.65 bits per heavy atom. The van der Waals surface area contributed by atoms with Crippen LogP contribution in [0.25, 0.3) is 0 Å². The van der Waals surface area contributed by atoms with Crippen LogP contribution in [-0.2, 0) is 4.79 Å². The summed E-state index contributed by atoms with van der Waals surface area (Å²) in [4.78, 5) is 16.2. The highest BCUT2D eigenvalue weighted by Crippen LogP contribution is 2.12. The Hall–Kier alpha value is -0.870. The predicted molar refractivity (Wildman–Crippen MR) is 68.7 cm³/mol. The molecule has 0 spiro atoms. The minimum Gasteiger partial charge on any atom is -0.395 e. The van der Waals surface area contributed by atoms with Gasteiger partial charge in [-0.15, -0.1) is 6.58 Å². The lowest BCUT2D eigenvalue weighted by Crippen LogP contribution is -2.49. The maximum Gasteiger partial charge on any atom is 0.239 e. The first-order chi connectivity index (χ1) is 8.20. The lowest BCUT2D eigenvalue weighted by atomic mass is 10.1. The summed E-state index contributed by atoms with van der Waals surface area (Å²) in [6.07, 6.45) is 5.22. The first-order valence-corrected chi connectivity index (χ1v) is 6.45. The highest BCUT2D eigenvalue weighted by Gasteiger charge is 2.25. The summed E-state index contributed by atoms with van der Waals surface area (Å²) in [5.74, 6) is 0.181. The zero-order valence-electron chi connectivity index (χ0n) is 10.8. The minimum atomic E-state index is -0.168. The van der Waals surface area contributed by atoms with Crippen molar-refractivity contribution in [3.05, 3.63) is 12.7 Å². The van der Waals surface area contributed by atoms with Crippen molar-refractivity contribution in [1.82, 2.24) is 9.80 Å². The molecule has 0 aromatic carbocycles. The standard InChI is InChI=1S/C13H24N2O2/c1-3-7-14(10-11-16)12(2)13(17)15-8-5-4-6-9-15/h3,12,16H,1,4-11H2,2H3. The van der Waals surface area contributed by atoms with Crippen LogP contribution in [0.5, 0.6) is 0 Å². The molecule has 0 radical (unpaired) electrons. The molecule has 1 rings (SSSR count). The normalized spacial score (nSPS) is 18.2. The number of aliphatic hydroxyl groups is 1. The van der Waals surface area contributed by atoms with Gasteiger partial charge in [-0.3, -0.25) is 9.69 Å². The second kappa shape index (κ2) is 7.45. The Kier molecular flexibility index (Phi) is 6.22. The zero-order valence-corrected chi connectivity index (χ0v) is 10.8. The van der Waals surface area contributed by atoms with Crippen molar-refractivity contribution < 1.29 is 9.90 Å². The van der Waals surface area contributed by atoms with E-state index in [4.69, 9.17) is 5.11 Å². The van der Waals surface area contributed by atoms with Crippen molar-refractivity contribution in [3.63, 3.8) is 0 Å². The summed E-state index contributed by atoms with van der Waals surface area (Å²) in [7, 11) is 0. The SMILES string of the molecule is C=CCN(CCO)C(C)C(=O)N1CCCCC1. The highest BCUT2D eigenvalue weighted by molar-refractivity contribution is 5.81. The molecule has 1 saturated heterocycles.